The van der Waals surface area contributed by atoms with Gasteiger partial charge in [-0.3, -0.25) is 0 Å². The highest BCUT2D eigenvalue weighted by atomic mass is 32.2. The molecule has 2 aromatic carbocycles. The van der Waals surface area contributed by atoms with Crippen LogP contribution in [0.1, 0.15) is 30.5 Å². The van der Waals surface area contributed by atoms with E-state index in [0.717, 1.165) is 11.1 Å². The van der Waals surface area contributed by atoms with Crippen molar-refractivity contribution >= 4 is 9.84 Å². The van der Waals surface area contributed by atoms with E-state index in [4.69, 9.17) is 0 Å². The van der Waals surface area contributed by atoms with E-state index in [9.17, 15) is 13.5 Å². The molecule has 0 aliphatic rings. The zero-order chi connectivity index (χ0) is 16.9. The second-order valence-corrected chi connectivity index (χ2v) is 7.80. The molecule has 0 saturated heterocycles. The third-order valence-electron chi connectivity index (χ3n) is 3.66. The summed E-state index contributed by atoms with van der Waals surface area (Å²) in [5, 5.41) is 12.8. The van der Waals surface area contributed by atoms with Crippen molar-refractivity contribution in [3.05, 3.63) is 65.7 Å². The molecular weight excluding hydrogens is 310 g/mol. The monoisotopic (exact) mass is 333 g/mol. The molecule has 0 saturated carbocycles. The first kappa shape index (κ1) is 17.7. The van der Waals surface area contributed by atoms with Crippen LogP contribution in [-0.4, -0.2) is 32.4 Å². The Morgan fingerprint density at radius 2 is 1.70 bits per heavy atom. The molecule has 2 N–H and O–H groups in total. The van der Waals surface area contributed by atoms with Crippen LogP contribution in [0.5, 0.6) is 0 Å². The number of hydrogen-bond donors (Lipinski definition) is 2. The van der Waals surface area contributed by atoms with Crippen LogP contribution in [0.25, 0.3) is 0 Å². The lowest BCUT2D eigenvalue weighted by atomic mass is 9.98. The third kappa shape index (κ3) is 5.16. The van der Waals surface area contributed by atoms with E-state index >= 15 is 0 Å². The molecule has 2 aromatic rings. The van der Waals surface area contributed by atoms with Crippen molar-refractivity contribution in [2.45, 2.75) is 30.4 Å². The van der Waals surface area contributed by atoms with Crippen LogP contribution in [0.2, 0.25) is 0 Å². The summed E-state index contributed by atoms with van der Waals surface area (Å²) in [4.78, 5) is 0.313. The standard InChI is InChI=1S/C18H23NO3S/c1-14(20)11-12-19-18(15-7-4-3-5-8-15)16-9-6-10-17(13-16)23(2,21)22/h3-10,13-14,18-20H,11-12H2,1-2H3. The topological polar surface area (TPSA) is 66.4 Å². The molecule has 2 rings (SSSR count). The van der Waals surface area contributed by atoms with Gasteiger partial charge in [0.1, 0.15) is 0 Å². The van der Waals surface area contributed by atoms with Crippen molar-refractivity contribution < 1.29 is 13.5 Å². The molecule has 0 bridgehead atoms. The zero-order valence-corrected chi connectivity index (χ0v) is 14.3. The van der Waals surface area contributed by atoms with E-state index < -0.39 is 9.84 Å². The molecule has 0 heterocycles. The highest BCUT2D eigenvalue weighted by molar-refractivity contribution is 7.90. The van der Waals surface area contributed by atoms with Crippen molar-refractivity contribution in [1.82, 2.24) is 5.32 Å². The lowest BCUT2D eigenvalue weighted by Crippen LogP contribution is -2.25. The fourth-order valence-corrected chi connectivity index (χ4v) is 3.11. The Balaban J connectivity index is 2.33. The van der Waals surface area contributed by atoms with E-state index in [0.29, 0.717) is 17.9 Å². The van der Waals surface area contributed by atoms with E-state index in [-0.39, 0.29) is 12.1 Å². The molecule has 2 atom stereocenters. The van der Waals surface area contributed by atoms with Crippen LogP contribution in [-0.2, 0) is 9.84 Å². The number of benzene rings is 2. The van der Waals surface area contributed by atoms with Gasteiger partial charge in [-0.15, -0.1) is 0 Å². The summed E-state index contributed by atoms with van der Waals surface area (Å²) in [5.74, 6) is 0. The van der Waals surface area contributed by atoms with Crippen LogP contribution in [0.4, 0.5) is 0 Å². The van der Waals surface area contributed by atoms with Gasteiger partial charge in [0, 0.05) is 6.26 Å². The van der Waals surface area contributed by atoms with Crippen LogP contribution >= 0.6 is 0 Å². The van der Waals surface area contributed by atoms with Crippen molar-refractivity contribution in [2.24, 2.45) is 0 Å². The maximum absolute atomic E-state index is 11.8. The highest BCUT2D eigenvalue weighted by Crippen LogP contribution is 2.24. The summed E-state index contributed by atoms with van der Waals surface area (Å²) in [5.41, 5.74) is 1.95. The summed E-state index contributed by atoms with van der Waals surface area (Å²) in [6.45, 7) is 2.39. The van der Waals surface area contributed by atoms with Gasteiger partial charge in [0.2, 0.25) is 0 Å². The molecule has 0 aromatic heterocycles. The molecule has 5 heteroatoms. The summed E-state index contributed by atoms with van der Waals surface area (Å²) >= 11 is 0. The number of nitrogens with one attached hydrogen (secondary N) is 1. The molecule has 0 aliphatic heterocycles. The molecule has 0 radical (unpaired) electrons. The second kappa shape index (κ2) is 7.73. The van der Waals surface area contributed by atoms with Gasteiger partial charge >= 0.3 is 0 Å². The first-order chi connectivity index (χ1) is 10.9. The summed E-state index contributed by atoms with van der Waals surface area (Å²) in [6, 6.07) is 16.8. The van der Waals surface area contributed by atoms with Crippen molar-refractivity contribution in [3.8, 4) is 0 Å². The van der Waals surface area contributed by atoms with Crippen molar-refractivity contribution in [1.29, 1.82) is 0 Å². The molecule has 0 fully saturated rings. The minimum absolute atomic E-state index is 0.114. The first-order valence-electron chi connectivity index (χ1n) is 7.64. The summed E-state index contributed by atoms with van der Waals surface area (Å²) < 4.78 is 23.6. The van der Waals surface area contributed by atoms with Crippen LogP contribution in [0.3, 0.4) is 0 Å². The summed E-state index contributed by atoms with van der Waals surface area (Å²) in [6.07, 6.45) is 1.47. The van der Waals surface area contributed by atoms with Gasteiger partial charge in [-0.1, -0.05) is 42.5 Å². The molecule has 0 amide bonds. The SMILES string of the molecule is CC(O)CCNC(c1ccccc1)c1cccc(S(C)(=O)=O)c1. The normalized spacial score (nSPS) is 14.4. The van der Waals surface area contributed by atoms with Gasteiger partial charge < -0.3 is 10.4 Å². The first-order valence-corrected chi connectivity index (χ1v) is 9.53. The number of aliphatic hydroxyl groups is 1. The average molecular weight is 333 g/mol. The van der Waals surface area contributed by atoms with Crippen LogP contribution < -0.4 is 5.32 Å². The number of sulfone groups is 1. The Morgan fingerprint density at radius 3 is 2.30 bits per heavy atom. The Bertz CT molecular complexity index is 727. The molecule has 23 heavy (non-hydrogen) atoms. The number of aliphatic hydroxyl groups excluding tert-OH is 1. The maximum Gasteiger partial charge on any atom is 0.175 e. The largest absolute Gasteiger partial charge is 0.393 e. The minimum atomic E-state index is -3.24. The molecule has 2 unspecified atom stereocenters. The Labute approximate surface area is 138 Å². The minimum Gasteiger partial charge on any atom is -0.393 e. The number of hydrogen-bond acceptors (Lipinski definition) is 4. The lowest BCUT2D eigenvalue weighted by Gasteiger charge is -2.21. The fraction of sp³-hybridized carbons (Fsp3) is 0.333. The quantitative estimate of drug-likeness (QED) is 0.817. The van der Waals surface area contributed by atoms with Gasteiger partial charge in [-0.25, -0.2) is 8.42 Å². The zero-order valence-electron chi connectivity index (χ0n) is 13.4. The molecule has 0 spiro atoms. The Hall–Kier alpha value is -1.69. The van der Waals surface area contributed by atoms with E-state index in [1.54, 1.807) is 25.1 Å². The Morgan fingerprint density at radius 1 is 1.04 bits per heavy atom. The Kier molecular flexibility index (Phi) is 5.93. The van der Waals surface area contributed by atoms with E-state index in [2.05, 4.69) is 5.32 Å². The average Bonchev–Trinajstić information content (AvgIpc) is 2.51. The van der Waals surface area contributed by atoms with E-state index in [1.807, 2.05) is 36.4 Å². The van der Waals surface area contributed by atoms with Gasteiger partial charge in [0.05, 0.1) is 17.0 Å². The smallest absolute Gasteiger partial charge is 0.175 e. The molecule has 124 valence electrons. The molecule has 0 aliphatic carbocycles. The fourth-order valence-electron chi connectivity index (χ4n) is 2.43. The van der Waals surface area contributed by atoms with Crippen LogP contribution in [0, 0.1) is 0 Å². The number of rotatable bonds is 7. The van der Waals surface area contributed by atoms with Crippen molar-refractivity contribution in [3.63, 3.8) is 0 Å². The van der Waals surface area contributed by atoms with Gasteiger partial charge in [-0.05, 0) is 43.1 Å². The predicted octanol–water partition coefficient (Wildman–Crippen LogP) is 2.54. The summed E-state index contributed by atoms with van der Waals surface area (Å²) in [7, 11) is -3.24. The second-order valence-electron chi connectivity index (χ2n) is 5.78. The van der Waals surface area contributed by atoms with Crippen LogP contribution in [0.15, 0.2) is 59.5 Å². The van der Waals surface area contributed by atoms with Gasteiger partial charge in [0.25, 0.3) is 0 Å². The third-order valence-corrected chi connectivity index (χ3v) is 4.77. The van der Waals surface area contributed by atoms with Crippen molar-refractivity contribution in [2.75, 3.05) is 12.8 Å². The molecular formula is C18H23NO3S. The van der Waals surface area contributed by atoms with E-state index in [1.165, 1.54) is 6.26 Å². The van der Waals surface area contributed by atoms with Gasteiger partial charge in [-0.2, -0.15) is 0 Å². The molecule has 4 nitrogen and oxygen atoms in total. The van der Waals surface area contributed by atoms with Gasteiger partial charge in [0.15, 0.2) is 9.84 Å². The maximum atomic E-state index is 11.8. The lowest BCUT2D eigenvalue weighted by molar-refractivity contribution is 0.183. The highest BCUT2D eigenvalue weighted by Gasteiger charge is 2.16. The predicted molar refractivity (Wildman–Crippen MR) is 92.1 cm³/mol.